The number of para-hydroxylation sites is 1. The quantitative estimate of drug-likeness (QED) is 0.443. The first kappa shape index (κ1) is 12.8. The summed E-state index contributed by atoms with van der Waals surface area (Å²) in [6, 6.07) is 4.31. The van der Waals surface area contributed by atoms with E-state index in [1.807, 2.05) is 0 Å². The van der Waals surface area contributed by atoms with E-state index in [1.54, 1.807) is 0 Å². The number of carboxylic acid groups (broad SMARTS) is 1. The number of benzene rings is 1. The van der Waals surface area contributed by atoms with Crippen LogP contribution in [0.4, 0.5) is 5.69 Å². The van der Waals surface area contributed by atoms with Crippen molar-refractivity contribution in [3.8, 4) is 0 Å². The number of halogens is 1. The van der Waals surface area contributed by atoms with Crippen LogP contribution in [0.2, 0.25) is 5.02 Å². The molecule has 0 radical (unpaired) electrons. The SMILES string of the molecule is NC(N)=NC(N)=Nc1c(Cl)cccc1C(=O)O. The Bertz CT molecular complexity index is 508. The topological polar surface area (TPSA) is 140 Å². The van der Waals surface area contributed by atoms with Crippen LogP contribution in [-0.2, 0) is 0 Å². The van der Waals surface area contributed by atoms with Gasteiger partial charge in [0.05, 0.1) is 10.6 Å². The highest BCUT2D eigenvalue weighted by Crippen LogP contribution is 2.28. The second-order valence-corrected chi connectivity index (χ2v) is 3.36. The van der Waals surface area contributed by atoms with Crippen molar-refractivity contribution < 1.29 is 9.90 Å². The van der Waals surface area contributed by atoms with Gasteiger partial charge in [0.2, 0.25) is 5.96 Å². The van der Waals surface area contributed by atoms with Crippen LogP contribution in [0.1, 0.15) is 10.4 Å². The van der Waals surface area contributed by atoms with Gasteiger partial charge in [0.25, 0.3) is 0 Å². The standard InChI is InChI=1S/C9H10ClN5O2/c10-5-3-1-2-4(7(16)17)6(5)14-9(13)15-8(11)12/h1-3H,(H,16,17)(H6,11,12,13,14,15). The van der Waals surface area contributed by atoms with Crippen LogP contribution >= 0.6 is 11.6 Å². The highest BCUT2D eigenvalue weighted by Gasteiger charge is 2.12. The molecule has 17 heavy (non-hydrogen) atoms. The number of hydrogen-bond acceptors (Lipinski definition) is 2. The van der Waals surface area contributed by atoms with Crippen LogP contribution in [0, 0.1) is 0 Å². The summed E-state index contributed by atoms with van der Waals surface area (Å²) in [5, 5.41) is 9.07. The second kappa shape index (κ2) is 5.17. The summed E-state index contributed by atoms with van der Waals surface area (Å²) in [4.78, 5) is 18.1. The molecule has 0 bridgehead atoms. The molecule has 0 saturated carbocycles. The van der Waals surface area contributed by atoms with E-state index in [0.29, 0.717) is 0 Å². The van der Waals surface area contributed by atoms with Crippen LogP contribution in [-0.4, -0.2) is 23.0 Å². The van der Waals surface area contributed by atoms with Crippen molar-refractivity contribution in [3.05, 3.63) is 28.8 Å². The molecule has 8 heteroatoms. The smallest absolute Gasteiger partial charge is 0.337 e. The van der Waals surface area contributed by atoms with Crippen molar-refractivity contribution in [2.24, 2.45) is 27.2 Å². The van der Waals surface area contributed by atoms with Gasteiger partial charge in [-0.1, -0.05) is 17.7 Å². The molecule has 0 saturated heterocycles. The van der Waals surface area contributed by atoms with Crippen molar-refractivity contribution in [3.63, 3.8) is 0 Å². The van der Waals surface area contributed by atoms with Gasteiger partial charge >= 0.3 is 5.97 Å². The average Bonchev–Trinajstić information content (AvgIpc) is 2.19. The van der Waals surface area contributed by atoms with Crippen LogP contribution in [0.25, 0.3) is 0 Å². The van der Waals surface area contributed by atoms with Gasteiger partial charge in [-0.15, -0.1) is 0 Å². The molecule has 1 aromatic carbocycles. The summed E-state index contributed by atoms with van der Waals surface area (Å²) in [6.07, 6.45) is 0. The normalized spacial score (nSPS) is 11.0. The molecule has 0 fully saturated rings. The third kappa shape index (κ3) is 3.35. The van der Waals surface area contributed by atoms with E-state index in [0.717, 1.165) is 0 Å². The first-order valence-electron chi connectivity index (χ1n) is 4.37. The molecule has 1 rings (SSSR count). The molecule has 0 atom stereocenters. The highest BCUT2D eigenvalue weighted by molar-refractivity contribution is 6.34. The third-order valence-corrected chi connectivity index (χ3v) is 1.99. The van der Waals surface area contributed by atoms with Gasteiger partial charge in [0.1, 0.15) is 5.69 Å². The van der Waals surface area contributed by atoms with E-state index in [4.69, 9.17) is 33.9 Å². The maximum absolute atomic E-state index is 10.9. The number of guanidine groups is 2. The van der Waals surface area contributed by atoms with Gasteiger partial charge in [-0.2, -0.15) is 4.99 Å². The van der Waals surface area contributed by atoms with E-state index >= 15 is 0 Å². The Morgan fingerprint density at radius 1 is 1.29 bits per heavy atom. The second-order valence-electron chi connectivity index (χ2n) is 2.95. The monoisotopic (exact) mass is 255 g/mol. The maximum Gasteiger partial charge on any atom is 0.337 e. The lowest BCUT2D eigenvalue weighted by molar-refractivity contribution is 0.0698. The minimum atomic E-state index is -1.18. The van der Waals surface area contributed by atoms with E-state index < -0.39 is 5.97 Å². The van der Waals surface area contributed by atoms with E-state index in [2.05, 4.69) is 9.98 Å². The van der Waals surface area contributed by atoms with Crippen molar-refractivity contribution in [2.75, 3.05) is 0 Å². The van der Waals surface area contributed by atoms with Crippen molar-refractivity contribution in [1.29, 1.82) is 0 Å². The largest absolute Gasteiger partial charge is 0.478 e. The number of carboxylic acids is 1. The summed E-state index contributed by atoms with van der Waals surface area (Å²) in [6.45, 7) is 0. The lowest BCUT2D eigenvalue weighted by atomic mass is 10.2. The summed E-state index contributed by atoms with van der Waals surface area (Å²) in [5.74, 6) is -1.74. The number of aliphatic imine (C=N–C) groups is 2. The molecule has 0 unspecified atom stereocenters. The first-order chi connectivity index (χ1) is 7.91. The summed E-state index contributed by atoms with van der Waals surface area (Å²) in [5.41, 5.74) is 15.5. The molecule has 0 aromatic heterocycles. The molecular formula is C9H10ClN5O2. The Kier molecular flexibility index (Phi) is 3.89. The third-order valence-electron chi connectivity index (χ3n) is 1.69. The number of carbonyl (C=O) groups is 1. The summed E-state index contributed by atoms with van der Waals surface area (Å²) in [7, 11) is 0. The fourth-order valence-electron chi connectivity index (χ4n) is 1.07. The van der Waals surface area contributed by atoms with Crippen molar-refractivity contribution in [2.45, 2.75) is 0 Å². The number of hydrogen-bond donors (Lipinski definition) is 4. The molecular weight excluding hydrogens is 246 g/mol. The minimum absolute atomic E-state index is 0.00386. The van der Waals surface area contributed by atoms with E-state index in [1.165, 1.54) is 18.2 Å². The summed E-state index contributed by atoms with van der Waals surface area (Å²) < 4.78 is 0. The van der Waals surface area contributed by atoms with Crippen LogP contribution < -0.4 is 17.2 Å². The fraction of sp³-hybridized carbons (Fsp3) is 0. The van der Waals surface area contributed by atoms with Gasteiger partial charge in [-0.25, -0.2) is 9.79 Å². The molecule has 90 valence electrons. The Morgan fingerprint density at radius 2 is 1.94 bits per heavy atom. The van der Waals surface area contributed by atoms with Crippen molar-refractivity contribution in [1.82, 2.24) is 0 Å². The Hall–Kier alpha value is -2.28. The van der Waals surface area contributed by atoms with Crippen LogP contribution in [0.5, 0.6) is 0 Å². The lowest BCUT2D eigenvalue weighted by Gasteiger charge is -2.03. The zero-order valence-electron chi connectivity index (χ0n) is 8.59. The number of aromatic carboxylic acids is 1. The maximum atomic E-state index is 10.9. The number of nitrogens with two attached hydrogens (primary N) is 3. The zero-order chi connectivity index (χ0) is 13.0. The number of nitrogens with zero attached hydrogens (tertiary/aromatic N) is 2. The zero-order valence-corrected chi connectivity index (χ0v) is 9.35. The summed E-state index contributed by atoms with van der Waals surface area (Å²) >= 11 is 5.82. The van der Waals surface area contributed by atoms with Crippen LogP contribution in [0.15, 0.2) is 28.2 Å². The molecule has 0 heterocycles. The van der Waals surface area contributed by atoms with Gasteiger partial charge < -0.3 is 22.3 Å². The van der Waals surface area contributed by atoms with Gasteiger partial charge in [-0.05, 0) is 12.1 Å². The minimum Gasteiger partial charge on any atom is -0.478 e. The first-order valence-corrected chi connectivity index (χ1v) is 4.75. The Balaban J connectivity index is 3.31. The van der Waals surface area contributed by atoms with E-state index in [9.17, 15) is 4.79 Å². The van der Waals surface area contributed by atoms with Gasteiger partial charge in [0.15, 0.2) is 5.96 Å². The van der Waals surface area contributed by atoms with Gasteiger partial charge in [0, 0.05) is 0 Å². The van der Waals surface area contributed by atoms with Crippen LogP contribution in [0.3, 0.4) is 0 Å². The Morgan fingerprint density at radius 3 is 2.47 bits per heavy atom. The molecule has 0 spiro atoms. The van der Waals surface area contributed by atoms with Gasteiger partial charge in [-0.3, -0.25) is 0 Å². The van der Waals surface area contributed by atoms with E-state index in [-0.39, 0.29) is 28.2 Å². The Labute approximate surface area is 102 Å². The molecule has 0 aliphatic rings. The molecule has 0 amide bonds. The molecule has 0 aliphatic carbocycles. The average molecular weight is 256 g/mol. The van der Waals surface area contributed by atoms with Crippen molar-refractivity contribution >= 4 is 35.2 Å². The molecule has 7 nitrogen and oxygen atoms in total. The molecule has 0 aliphatic heterocycles. The number of rotatable bonds is 2. The predicted molar refractivity (Wildman–Crippen MR) is 65.5 cm³/mol. The lowest BCUT2D eigenvalue weighted by Crippen LogP contribution is -2.26. The molecule has 1 aromatic rings. The fourth-order valence-corrected chi connectivity index (χ4v) is 1.29. The molecule has 7 N–H and O–H groups in total. The highest BCUT2D eigenvalue weighted by atomic mass is 35.5. The predicted octanol–water partition coefficient (Wildman–Crippen LogP) is 0.258.